The number of carbonyl (C=O) groups is 3. The molecule has 1 saturated heterocycles. The number of nitrogens with one attached hydrogen (secondary N) is 2. The van der Waals surface area contributed by atoms with E-state index in [1.54, 1.807) is 31.4 Å². The van der Waals surface area contributed by atoms with Crippen molar-refractivity contribution in [2.24, 2.45) is 11.8 Å². The summed E-state index contributed by atoms with van der Waals surface area (Å²) in [4.78, 5) is 38.6. The molecule has 8 heteroatoms. The molecule has 2 N–H and O–H groups in total. The highest BCUT2D eigenvalue weighted by molar-refractivity contribution is 5.99. The molecule has 3 atom stereocenters. The molecule has 1 aliphatic carbocycles. The average molecular weight is 375 g/mol. The van der Waals surface area contributed by atoms with Crippen LogP contribution in [0.2, 0.25) is 0 Å². The Morgan fingerprint density at radius 1 is 1.22 bits per heavy atom. The van der Waals surface area contributed by atoms with E-state index in [0.717, 1.165) is 5.75 Å². The summed E-state index contributed by atoms with van der Waals surface area (Å²) in [5.41, 5.74) is 0.692. The van der Waals surface area contributed by atoms with Gasteiger partial charge in [-0.3, -0.25) is 14.5 Å². The second-order valence-electron chi connectivity index (χ2n) is 6.87. The monoisotopic (exact) mass is 375 g/mol. The van der Waals surface area contributed by atoms with Crippen LogP contribution in [0.1, 0.15) is 19.3 Å². The molecule has 3 rings (SSSR count). The predicted octanol–water partition coefficient (Wildman–Crippen LogP) is 1.62. The number of imide groups is 1. The third kappa shape index (κ3) is 4.21. The van der Waals surface area contributed by atoms with Crippen LogP contribution in [0, 0.1) is 11.8 Å². The lowest BCUT2D eigenvalue weighted by molar-refractivity contribution is -0.138. The Kier molecular flexibility index (Phi) is 5.95. The van der Waals surface area contributed by atoms with Crippen molar-refractivity contribution in [3.63, 3.8) is 0 Å². The van der Waals surface area contributed by atoms with Gasteiger partial charge in [0, 0.05) is 24.8 Å². The van der Waals surface area contributed by atoms with Gasteiger partial charge in [-0.05, 0) is 43.5 Å². The number of amides is 4. The molecule has 1 aromatic carbocycles. The Morgan fingerprint density at radius 2 is 1.96 bits per heavy atom. The average Bonchev–Trinajstić information content (AvgIpc) is 2.68. The van der Waals surface area contributed by atoms with E-state index < -0.39 is 6.03 Å². The van der Waals surface area contributed by atoms with Crippen LogP contribution in [-0.4, -0.2) is 56.2 Å². The Labute approximate surface area is 158 Å². The molecular formula is C19H25N3O5. The number of fused-ring (bicyclic) bond motifs is 1. The SMILES string of the molecule is COCCN1C(=O)NC2CC(C(=O)Nc3ccc(OC)cc3)CCC2C1=O. The number of ether oxygens (including phenoxy) is 2. The minimum atomic E-state index is -0.408. The lowest BCUT2D eigenvalue weighted by atomic mass is 9.76. The normalized spacial score (nSPS) is 24.8. The molecule has 27 heavy (non-hydrogen) atoms. The van der Waals surface area contributed by atoms with Gasteiger partial charge in [-0.1, -0.05) is 0 Å². The fourth-order valence-electron chi connectivity index (χ4n) is 3.71. The number of carbonyl (C=O) groups excluding carboxylic acids is 3. The van der Waals surface area contributed by atoms with Crippen molar-refractivity contribution >= 4 is 23.5 Å². The zero-order chi connectivity index (χ0) is 19.4. The zero-order valence-electron chi connectivity index (χ0n) is 15.6. The molecule has 0 bridgehead atoms. The van der Waals surface area contributed by atoms with E-state index in [-0.39, 0.29) is 36.2 Å². The van der Waals surface area contributed by atoms with Crippen molar-refractivity contribution in [3.05, 3.63) is 24.3 Å². The Bertz CT molecular complexity index is 706. The molecule has 4 amide bonds. The first-order chi connectivity index (χ1) is 13.0. The Balaban J connectivity index is 1.59. The topological polar surface area (TPSA) is 97.0 Å². The first kappa shape index (κ1) is 19.2. The standard InChI is InChI=1S/C19H25N3O5/c1-26-10-9-22-18(24)15-8-3-12(11-16(15)21-19(22)25)17(23)20-13-4-6-14(27-2)7-5-13/h4-7,12,15-16H,3,8-11H2,1-2H3,(H,20,23)(H,21,25). The van der Waals surface area contributed by atoms with Crippen molar-refractivity contribution in [2.45, 2.75) is 25.3 Å². The van der Waals surface area contributed by atoms with Gasteiger partial charge in [-0.25, -0.2) is 4.79 Å². The highest BCUT2D eigenvalue weighted by atomic mass is 16.5. The molecule has 2 fully saturated rings. The first-order valence-corrected chi connectivity index (χ1v) is 9.09. The van der Waals surface area contributed by atoms with Crippen LogP contribution in [-0.2, 0) is 14.3 Å². The van der Waals surface area contributed by atoms with E-state index in [9.17, 15) is 14.4 Å². The maximum absolute atomic E-state index is 12.6. The van der Waals surface area contributed by atoms with Gasteiger partial charge >= 0.3 is 6.03 Å². The van der Waals surface area contributed by atoms with Crippen molar-refractivity contribution in [3.8, 4) is 5.75 Å². The largest absolute Gasteiger partial charge is 0.497 e. The minimum Gasteiger partial charge on any atom is -0.497 e. The van der Waals surface area contributed by atoms with Gasteiger partial charge in [0.2, 0.25) is 11.8 Å². The summed E-state index contributed by atoms with van der Waals surface area (Å²) in [5.74, 6) is -0.0662. The summed E-state index contributed by atoms with van der Waals surface area (Å²) in [7, 11) is 3.12. The molecular weight excluding hydrogens is 350 g/mol. The van der Waals surface area contributed by atoms with Crippen molar-refractivity contribution in [2.75, 3.05) is 32.7 Å². The molecule has 1 heterocycles. The van der Waals surface area contributed by atoms with Gasteiger partial charge in [0.15, 0.2) is 0 Å². The molecule has 0 aromatic heterocycles. The van der Waals surface area contributed by atoms with Crippen LogP contribution in [0.3, 0.4) is 0 Å². The van der Waals surface area contributed by atoms with Gasteiger partial charge in [0.05, 0.1) is 26.2 Å². The molecule has 2 aliphatic rings. The summed E-state index contributed by atoms with van der Waals surface area (Å²) in [6.45, 7) is 0.551. The van der Waals surface area contributed by atoms with E-state index in [1.807, 2.05) is 0 Å². The molecule has 8 nitrogen and oxygen atoms in total. The number of hydrogen-bond acceptors (Lipinski definition) is 5. The van der Waals surface area contributed by atoms with Crippen molar-refractivity contribution in [1.29, 1.82) is 0 Å². The fraction of sp³-hybridized carbons (Fsp3) is 0.526. The van der Waals surface area contributed by atoms with Crippen LogP contribution < -0.4 is 15.4 Å². The fourth-order valence-corrected chi connectivity index (χ4v) is 3.71. The molecule has 1 saturated carbocycles. The van der Waals surface area contributed by atoms with E-state index in [4.69, 9.17) is 9.47 Å². The van der Waals surface area contributed by atoms with Crippen LogP contribution >= 0.6 is 0 Å². The van der Waals surface area contributed by atoms with Crippen molar-refractivity contribution in [1.82, 2.24) is 10.2 Å². The minimum absolute atomic E-state index is 0.0953. The predicted molar refractivity (Wildman–Crippen MR) is 98.4 cm³/mol. The Hall–Kier alpha value is -2.61. The van der Waals surface area contributed by atoms with Gasteiger partial charge in [-0.15, -0.1) is 0 Å². The summed E-state index contributed by atoms with van der Waals surface area (Å²) in [6, 6.07) is 6.41. The lowest BCUT2D eigenvalue weighted by Gasteiger charge is -2.41. The molecule has 1 aromatic rings. The molecule has 0 radical (unpaired) electrons. The third-order valence-corrected chi connectivity index (χ3v) is 5.23. The molecule has 0 spiro atoms. The summed E-state index contributed by atoms with van der Waals surface area (Å²) >= 11 is 0. The molecule has 3 unspecified atom stereocenters. The number of hydrogen-bond donors (Lipinski definition) is 2. The van der Waals surface area contributed by atoms with Gasteiger partial charge in [0.25, 0.3) is 0 Å². The molecule has 146 valence electrons. The van der Waals surface area contributed by atoms with Gasteiger partial charge < -0.3 is 20.1 Å². The maximum Gasteiger partial charge on any atom is 0.324 e. The smallest absolute Gasteiger partial charge is 0.324 e. The van der Waals surface area contributed by atoms with Crippen LogP contribution in [0.15, 0.2) is 24.3 Å². The second kappa shape index (κ2) is 8.39. The Morgan fingerprint density at radius 3 is 2.63 bits per heavy atom. The summed E-state index contributed by atoms with van der Waals surface area (Å²) in [6.07, 6.45) is 1.65. The number of rotatable bonds is 6. The number of methoxy groups -OCH3 is 2. The van der Waals surface area contributed by atoms with Crippen LogP contribution in [0.4, 0.5) is 10.5 Å². The van der Waals surface area contributed by atoms with E-state index in [1.165, 1.54) is 12.0 Å². The summed E-state index contributed by atoms with van der Waals surface area (Å²) in [5, 5.41) is 5.78. The number of benzene rings is 1. The maximum atomic E-state index is 12.6. The highest BCUT2D eigenvalue weighted by Crippen LogP contribution is 2.33. The van der Waals surface area contributed by atoms with Crippen LogP contribution in [0.5, 0.6) is 5.75 Å². The first-order valence-electron chi connectivity index (χ1n) is 9.09. The van der Waals surface area contributed by atoms with Crippen LogP contribution in [0.25, 0.3) is 0 Å². The van der Waals surface area contributed by atoms with Gasteiger partial charge in [0.1, 0.15) is 5.75 Å². The number of anilines is 1. The zero-order valence-corrected chi connectivity index (χ0v) is 15.6. The number of nitrogens with zero attached hydrogens (tertiary/aromatic N) is 1. The molecule has 1 aliphatic heterocycles. The lowest BCUT2D eigenvalue weighted by Crippen LogP contribution is -2.62. The second-order valence-corrected chi connectivity index (χ2v) is 6.87. The van der Waals surface area contributed by atoms with Gasteiger partial charge in [-0.2, -0.15) is 0 Å². The highest BCUT2D eigenvalue weighted by Gasteiger charge is 2.45. The summed E-state index contributed by atoms with van der Waals surface area (Å²) < 4.78 is 10.1. The van der Waals surface area contributed by atoms with Crippen molar-refractivity contribution < 1.29 is 23.9 Å². The number of urea groups is 1. The van der Waals surface area contributed by atoms with E-state index >= 15 is 0 Å². The van der Waals surface area contributed by atoms with E-state index in [2.05, 4.69) is 10.6 Å². The third-order valence-electron chi connectivity index (χ3n) is 5.23. The quantitative estimate of drug-likeness (QED) is 0.787. The van der Waals surface area contributed by atoms with E-state index in [0.29, 0.717) is 31.6 Å².